The second-order valence-electron chi connectivity index (χ2n) is 3.63. The van der Waals surface area contributed by atoms with Gasteiger partial charge in [0.25, 0.3) is 0 Å². The van der Waals surface area contributed by atoms with E-state index in [1.165, 1.54) is 0 Å². The van der Waals surface area contributed by atoms with Crippen LogP contribution in [-0.2, 0) is 6.54 Å². The molecule has 1 heterocycles. The van der Waals surface area contributed by atoms with Crippen molar-refractivity contribution in [3.05, 3.63) is 47.4 Å². The maximum absolute atomic E-state index is 5.91. The van der Waals surface area contributed by atoms with E-state index in [1.807, 2.05) is 31.2 Å². The van der Waals surface area contributed by atoms with Crippen LogP contribution in [0.4, 0.5) is 5.82 Å². The summed E-state index contributed by atoms with van der Waals surface area (Å²) in [7, 11) is 0. The number of aromatic nitrogens is 2. The predicted octanol–water partition coefficient (Wildman–Crippen LogP) is 3.14. The van der Waals surface area contributed by atoms with Gasteiger partial charge in [0.2, 0.25) is 0 Å². The molecule has 0 fully saturated rings. The minimum absolute atomic E-state index is 0.374. The zero-order valence-corrected chi connectivity index (χ0v) is 10.8. The number of rotatable bonds is 5. The van der Waals surface area contributed by atoms with Gasteiger partial charge in [-0.25, -0.2) is 9.97 Å². The highest BCUT2D eigenvalue weighted by Crippen LogP contribution is 2.17. The zero-order valence-electron chi connectivity index (χ0n) is 10.1. The zero-order chi connectivity index (χ0) is 12.8. The molecule has 0 amide bonds. The molecule has 0 aliphatic carbocycles. The Hall–Kier alpha value is -1.81. The highest BCUT2D eigenvalue weighted by Gasteiger charge is 2.02. The summed E-state index contributed by atoms with van der Waals surface area (Å²) in [6.45, 7) is 3.25. The molecule has 0 atom stereocenters. The summed E-state index contributed by atoms with van der Waals surface area (Å²) in [6, 6.07) is 7.89. The summed E-state index contributed by atoms with van der Waals surface area (Å²) in [5.74, 6) is 1.45. The average Bonchev–Trinajstić information content (AvgIpc) is 2.39. The molecule has 0 radical (unpaired) electrons. The molecule has 4 nitrogen and oxygen atoms in total. The van der Waals surface area contributed by atoms with Crippen molar-refractivity contribution in [1.29, 1.82) is 0 Å². The van der Waals surface area contributed by atoms with Gasteiger partial charge < -0.3 is 10.1 Å². The highest BCUT2D eigenvalue weighted by molar-refractivity contribution is 6.31. The molecule has 0 bridgehead atoms. The smallest absolute Gasteiger partial charge is 0.171 e. The maximum Gasteiger partial charge on any atom is 0.171 e. The van der Waals surface area contributed by atoms with Gasteiger partial charge in [0.1, 0.15) is 5.75 Å². The van der Waals surface area contributed by atoms with E-state index in [0.717, 1.165) is 11.3 Å². The number of hydrogen-bond acceptors (Lipinski definition) is 4. The predicted molar refractivity (Wildman–Crippen MR) is 72.0 cm³/mol. The number of ether oxygens (including phenoxy) is 1. The van der Waals surface area contributed by atoms with Gasteiger partial charge in [0.15, 0.2) is 11.0 Å². The van der Waals surface area contributed by atoms with Gasteiger partial charge in [-0.2, -0.15) is 0 Å². The third-order valence-corrected chi connectivity index (χ3v) is 2.60. The molecule has 0 saturated heterocycles. The Morgan fingerprint density at radius 1 is 1.28 bits per heavy atom. The lowest BCUT2D eigenvalue weighted by atomic mass is 10.2. The lowest BCUT2D eigenvalue weighted by Gasteiger charge is -2.08. The number of hydrogen-bond donors (Lipinski definition) is 1. The largest absolute Gasteiger partial charge is 0.494 e. The van der Waals surface area contributed by atoms with Crippen molar-refractivity contribution >= 4 is 17.4 Å². The van der Waals surface area contributed by atoms with Crippen LogP contribution in [-0.4, -0.2) is 16.6 Å². The fourth-order valence-electron chi connectivity index (χ4n) is 1.54. The highest BCUT2D eigenvalue weighted by atomic mass is 35.5. The number of halogens is 1. The van der Waals surface area contributed by atoms with Crippen LogP contribution in [0, 0.1) is 0 Å². The molecule has 1 N–H and O–H groups in total. The molecule has 5 heteroatoms. The quantitative estimate of drug-likeness (QED) is 0.900. The SMILES string of the molecule is CCOc1cccc(CNc2nccnc2Cl)c1. The molecule has 0 saturated carbocycles. The van der Waals surface area contributed by atoms with Crippen molar-refractivity contribution in [2.75, 3.05) is 11.9 Å². The molecular formula is C13H14ClN3O. The Balaban J connectivity index is 2.02. The molecule has 0 unspecified atom stereocenters. The van der Waals surface area contributed by atoms with Crippen LogP contribution in [0.3, 0.4) is 0 Å². The van der Waals surface area contributed by atoms with Gasteiger partial charge in [0, 0.05) is 18.9 Å². The van der Waals surface area contributed by atoms with Crippen molar-refractivity contribution in [1.82, 2.24) is 9.97 Å². The van der Waals surface area contributed by atoms with Crippen LogP contribution in [0.25, 0.3) is 0 Å². The molecular weight excluding hydrogens is 250 g/mol. The molecule has 94 valence electrons. The minimum Gasteiger partial charge on any atom is -0.494 e. The molecule has 1 aromatic heterocycles. The number of anilines is 1. The van der Waals surface area contributed by atoms with E-state index >= 15 is 0 Å². The molecule has 2 rings (SSSR count). The molecule has 1 aromatic carbocycles. The van der Waals surface area contributed by atoms with E-state index in [1.54, 1.807) is 12.4 Å². The summed E-state index contributed by atoms with van der Waals surface area (Å²) in [5, 5.41) is 3.51. The van der Waals surface area contributed by atoms with Crippen molar-refractivity contribution < 1.29 is 4.74 Å². The van der Waals surface area contributed by atoms with E-state index in [2.05, 4.69) is 15.3 Å². The van der Waals surface area contributed by atoms with Gasteiger partial charge in [-0.05, 0) is 24.6 Å². The fourth-order valence-corrected chi connectivity index (χ4v) is 1.71. The second-order valence-corrected chi connectivity index (χ2v) is 3.99. The molecule has 2 aromatic rings. The summed E-state index contributed by atoms with van der Waals surface area (Å²) in [6.07, 6.45) is 3.16. The van der Waals surface area contributed by atoms with E-state index < -0.39 is 0 Å². The van der Waals surface area contributed by atoms with E-state index in [0.29, 0.717) is 24.1 Å². The summed E-state index contributed by atoms with van der Waals surface area (Å²) >= 11 is 5.91. The third kappa shape index (κ3) is 3.34. The molecule has 0 spiro atoms. The van der Waals surface area contributed by atoms with Crippen LogP contribution < -0.4 is 10.1 Å². The number of benzene rings is 1. The first kappa shape index (κ1) is 12.6. The van der Waals surface area contributed by atoms with Gasteiger partial charge in [0.05, 0.1) is 6.61 Å². The third-order valence-electron chi connectivity index (χ3n) is 2.32. The van der Waals surface area contributed by atoms with Gasteiger partial charge in [-0.15, -0.1) is 0 Å². The Morgan fingerprint density at radius 2 is 2.11 bits per heavy atom. The standard InChI is InChI=1S/C13H14ClN3O/c1-2-18-11-5-3-4-10(8-11)9-17-13-12(14)15-6-7-16-13/h3-8H,2,9H2,1H3,(H,16,17). The lowest BCUT2D eigenvalue weighted by molar-refractivity contribution is 0.340. The molecule has 18 heavy (non-hydrogen) atoms. The van der Waals surface area contributed by atoms with Crippen molar-refractivity contribution in [3.8, 4) is 5.75 Å². The fraction of sp³-hybridized carbons (Fsp3) is 0.231. The maximum atomic E-state index is 5.91. The van der Waals surface area contributed by atoms with Gasteiger partial charge >= 0.3 is 0 Å². The summed E-state index contributed by atoms with van der Waals surface area (Å²) < 4.78 is 5.44. The number of nitrogens with one attached hydrogen (secondary N) is 1. The Kier molecular flexibility index (Phi) is 4.36. The van der Waals surface area contributed by atoms with Crippen molar-refractivity contribution in [3.63, 3.8) is 0 Å². The molecule has 0 aliphatic heterocycles. The van der Waals surface area contributed by atoms with Crippen LogP contribution in [0.15, 0.2) is 36.7 Å². The van der Waals surface area contributed by atoms with Gasteiger partial charge in [-0.1, -0.05) is 23.7 Å². The lowest BCUT2D eigenvalue weighted by Crippen LogP contribution is -2.03. The van der Waals surface area contributed by atoms with Crippen LogP contribution in [0.1, 0.15) is 12.5 Å². The van der Waals surface area contributed by atoms with E-state index in [-0.39, 0.29) is 0 Å². The number of nitrogens with zero attached hydrogens (tertiary/aromatic N) is 2. The molecule has 0 aliphatic rings. The first-order valence-electron chi connectivity index (χ1n) is 5.71. The second kappa shape index (κ2) is 6.21. The average molecular weight is 264 g/mol. The monoisotopic (exact) mass is 263 g/mol. The van der Waals surface area contributed by atoms with Crippen molar-refractivity contribution in [2.24, 2.45) is 0 Å². The Labute approximate surface area is 111 Å². The normalized spacial score (nSPS) is 10.1. The summed E-state index contributed by atoms with van der Waals surface area (Å²) in [5.41, 5.74) is 1.10. The van der Waals surface area contributed by atoms with Gasteiger partial charge in [-0.3, -0.25) is 0 Å². The first-order chi connectivity index (χ1) is 8.79. The Morgan fingerprint density at radius 3 is 2.89 bits per heavy atom. The van der Waals surface area contributed by atoms with Crippen LogP contribution in [0.5, 0.6) is 5.75 Å². The summed E-state index contributed by atoms with van der Waals surface area (Å²) in [4.78, 5) is 8.07. The Bertz CT molecular complexity index is 519. The first-order valence-corrected chi connectivity index (χ1v) is 6.09. The van der Waals surface area contributed by atoms with Crippen LogP contribution >= 0.6 is 11.6 Å². The van der Waals surface area contributed by atoms with Crippen LogP contribution in [0.2, 0.25) is 5.15 Å². The topological polar surface area (TPSA) is 47.0 Å². The van der Waals surface area contributed by atoms with Crippen molar-refractivity contribution in [2.45, 2.75) is 13.5 Å². The minimum atomic E-state index is 0.374. The van der Waals surface area contributed by atoms with E-state index in [4.69, 9.17) is 16.3 Å². The van der Waals surface area contributed by atoms with E-state index in [9.17, 15) is 0 Å².